The molecule has 1 unspecified atom stereocenters. The number of pyridine rings is 1. The number of alkyl halides is 3. The third-order valence-electron chi connectivity index (χ3n) is 5.85. The van der Waals surface area contributed by atoms with Gasteiger partial charge < -0.3 is 24.8 Å². The molecule has 2 aromatic rings. The molecule has 1 fully saturated rings. The number of hydrogen-bond acceptors (Lipinski definition) is 4. The fourth-order valence-corrected chi connectivity index (χ4v) is 4.95. The molecule has 0 spiro atoms. The van der Waals surface area contributed by atoms with E-state index in [1.807, 2.05) is 15.5 Å². The van der Waals surface area contributed by atoms with Crippen molar-refractivity contribution < 1.29 is 13.9 Å². The highest BCUT2D eigenvalue weighted by Gasteiger charge is 2.38. The standard InChI is InChI=1S/C22H22Cl3FN4O3S/c23-22(24,25)20(27-18(31)12-33-16-6-4-15(26)5-7-16)28-21(34)29-9-13-8-14(11-29)17-2-1-3-19(32)30(17)10-13/h1-7,13-14,20H,8-12H2,(H,27,31)(H,28,34)/t13-,14+,20?/m1/s1. The average molecular weight is 548 g/mol. The van der Waals surface area contributed by atoms with Gasteiger partial charge in [-0.15, -0.1) is 0 Å². The normalized spacial score (nSPS) is 20.2. The maximum Gasteiger partial charge on any atom is 0.259 e. The van der Waals surface area contributed by atoms with Crippen LogP contribution in [-0.4, -0.2) is 50.1 Å². The van der Waals surface area contributed by atoms with Crippen LogP contribution in [-0.2, 0) is 11.3 Å². The molecule has 1 amide bonds. The molecule has 182 valence electrons. The van der Waals surface area contributed by atoms with Crippen molar-refractivity contribution in [1.82, 2.24) is 20.1 Å². The quantitative estimate of drug-likeness (QED) is 0.340. The number of likely N-dealkylation sites (tertiary alicyclic amines) is 1. The number of carbonyl (C=O) groups is 1. The van der Waals surface area contributed by atoms with Crippen molar-refractivity contribution in [3.8, 4) is 5.75 Å². The molecule has 3 atom stereocenters. The van der Waals surface area contributed by atoms with Gasteiger partial charge in [-0.1, -0.05) is 40.9 Å². The Morgan fingerprint density at radius 3 is 2.59 bits per heavy atom. The Bertz CT molecular complexity index is 1130. The van der Waals surface area contributed by atoms with Crippen LogP contribution in [0.5, 0.6) is 5.75 Å². The third kappa shape index (κ3) is 5.94. The highest BCUT2D eigenvalue weighted by Crippen LogP contribution is 2.35. The van der Waals surface area contributed by atoms with E-state index in [9.17, 15) is 14.0 Å². The van der Waals surface area contributed by atoms with E-state index in [0.717, 1.165) is 12.1 Å². The topological polar surface area (TPSA) is 75.6 Å². The molecule has 34 heavy (non-hydrogen) atoms. The Morgan fingerprint density at radius 2 is 1.88 bits per heavy atom. The molecule has 7 nitrogen and oxygen atoms in total. The van der Waals surface area contributed by atoms with Crippen molar-refractivity contribution in [1.29, 1.82) is 0 Å². The molecule has 0 saturated carbocycles. The second-order valence-corrected chi connectivity index (χ2v) is 11.1. The van der Waals surface area contributed by atoms with E-state index in [-0.39, 0.29) is 24.0 Å². The van der Waals surface area contributed by atoms with Crippen LogP contribution in [0.15, 0.2) is 47.3 Å². The average Bonchev–Trinajstić information content (AvgIpc) is 2.78. The summed E-state index contributed by atoms with van der Waals surface area (Å²) >= 11 is 23.9. The van der Waals surface area contributed by atoms with E-state index < -0.39 is 21.7 Å². The molecule has 0 radical (unpaired) electrons. The SMILES string of the molecule is O=C(COc1ccc(F)cc1)NC(NC(=S)N1C[C@H]2C[C@@H](C1)c1cccc(=O)n1C2)C(Cl)(Cl)Cl. The Hall–Kier alpha value is -2.07. The summed E-state index contributed by atoms with van der Waals surface area (Å²) in [5.74, 6) is -0.255. The maximum absolute atomic E-state index is 13.0. The van der Waals surface area contributed by atoms with E-state index in [1.54, 1.807) is 12.1 Å². The van der Waals surface area contributed by atoms with Gasteiger partial charge in [-0.3, -0.25) is 9.59 Å². The summed E-state index contributed by atoms with van der Waals surface area (Å²) in [6.45, 7) is 1.49. The van der Waals surface area contributed by atoms with Crippen LogP contribution in [0, 0.1) is 11.7 Å². The van der Waals surface area contributed by atoms with Crippen LogP contribution in [0.3, 0.4) is 0 Å². The molecule has 2 aliphatic heterocycles. The Balaban J connectivity index is 1.38. The molecule has 2 bridgehead atoms. The summed E-state index contributed by atoms with van der Waals surface area (Å²) in [6, 6.07) is 10.6. The second kappa shape index (κ2) is 10.3. The summed E-state index contributed by atoms with van der Waals surface area (Å²) in [5.41, 5.74) is 0.989. The predicted octanol–water partition coefficient (Wildman–Crippen LogP) is 3.17. The van der Waals surface area contributed by atoms with Crippen LogP contribution in [0.4, 0.5) is 4.39 Å². The highest BCUT2D eigenvalue weighted by atomic mass is 35.6. The molecule has 12 heteroatoms. The predicted molar refractivity (Wildman–Crippen MR) is 133 cm³/mol. The van der Waals surface area contributed by atoms with Gasteiger partial charge in [0.15, 0.2) is 11.7 Å². The molecule has 2 N–H and O–H groups in total. The first kappa shape index (κ1) is 25.0. The molecule has 4 rings (SSSR count). The molecular formula is C22H22Cl3FN4O3S. The van der Waals surface area contributed by atoms with Crippen LogP contribution in [0.1, 0.15) is 18.0 Å². The van der Waals surface area contributed by atoms with Crippen molar-refractivity contribution in [2.24, 2.45) is 5.92 Å². The van der Waals surface area contributed by atoms with Gasteiger partial charge in [0.05, 0.1) is 0 Å². The van der Waals surface area contributed by atoms with Crippen molar-refractivity contribution in [3.63, 3.8) is 0 Å². The number of benzene rings is 1. The number of amides is 1. The third-order valence-corrected chi connectivity index (χ3v) is 6.88. The first-order chi connectivity index (χ1) is 16.1. The number of hydrogen-bond donors (Lipinski definition) is 2. The minimum Gasteiger partial charge on any atom is -0.484 e. The molecule has 2 aliphatic rings. The monoisotopic (exact) mass is 546 g/mol. The van der Waals surface area contributed by atoms with Crippen molar-refractivity contribution in [2.75, 3.05) is 19.7 Å². The smallest absolute Gasteiger partial charge is 0.259 e. The number of nitrogens with zero attached hydrogens (tertiary/aromatic N) is 2. The fraction of sp³-hybridized carbons (Fsp3) is 0.409. The summed E-state index contributed by atoms with van der Waals surface area (Å²) in [7, 11) is 0. The number of nitrogens with one attached hydrogen (secondary N) is 2. The van der Waals surface area contributed by atoms with E-state index in [2.05, 4.69) is 10.6 Å². The van der Waals surface area contributed by atoms with E-state index in [4.69, 9.17) is 51.8 Å². The summed E-state index contributed by atoms with van der Waals surface area (Å²) in [6.07, 6.45) is -0.153. The highest BCUT2D eigenvalue weighted by molar-refractivity contribution is 7.80. The first-order valence-electron chi connectivity index (χ1n) is 10.6. The van der Waals surface area contributed by atoms with Gasteiger partial charge in [0, 0.05) is 37.3 Å². The van der Waals surface area contributed by atoms with Gasteiger partial charge >= 0.3 is 0 Å². The number of piperidine rings is 1. The zero-order chi connectivity index (χ0) is 24.5. The zero-order valence-electron chi connectivity index (χ0n) is 17.8. The van der Waals surface area contributed by atoms with Gasteiger partial charge in [-0.25, -0.2) is 4.39 Å². The van der Waals surface area contributed by atoms with Crippen LogP contribution in [0.25, 0.3) is 0 Å². The van der Waals surface area contributed by atoms with Gasteiger partial charge in [0.25, 0.3) is 11.5 Å². The summed E-state index contributed by atoms with van der Waals surface area (Å²) in [4.78, 5) is 26.6. The lowest BCUT2D eigenvalue weighted by Gasteiger charge is -2.44. The van der Waals surface area contributed by atoms with Gasteiger partial charge in [0.1, 0.15) is 17.7 Å². The van der Waals surface area contributed by atoms with E-state index in [1.165, 1.54) is 24.3 Å². The number of thiocarbonyl (C=S) groups is 1. The number of ether oxygens (including phenoxy) is 1. The summed E-state index contributed by atoms with van der Waals surface area (Å²) < 4.78 is 18.3. The zero-order valence-corrected chi connectivity index (χ0v) is 20.9. The van der Waals surface area contributed by atoms with Crippen LogP contribution in [0.2, 0.25) is 0 Å². The second-order valence-electron chi connectivity index (χ2n) is 8.34. The summed E-state index contributed by atoms with van der Waals surface area (Å²) in [5, 5.41) is 5.85. The Labute approximate surface area is 216 Å². The number of halogens is 4. The largest absolute Gasteiger partial charge is 0.484 e. The molecule has 1 aromatic heterocycles. The minimum absolute atomic E-state index is 0.00295. The van der Waals surface area contributed by atoms with E-state index in [0.29, 0.717) is 30.5 Å². The lowest BCUT2D eigenvalue weighted by atomic mass is 9.83. The maximum atomic E-state index is 13.0. The lowest BCUT2D eigenvalue weighted by Crippen LogP contribution is -2.60. The Kier molecular flexibility index (Phi) is 7.57. The molecule has 0 aliphatic carbocycles. The Morgan fingerprint density at radius 1 is 1.15 bits per heavy atom. The number of rotatable bonds is 5. The molecule has 1 saturated heterocycles. The molecule has 3 heterocycles. The van der Waals surface area contributed by atoms with Gasteiger partial charge in [-0.05, 0) is 54.9 Å². The minimum atomic E-state index is -1.90. The number of carbonyl (C=O) groups excluding carboxylic acids is 1. The van der Waals surface area contributed by atoms with Crippen molar-refractivity contribution in [2.45, 2.75) is 28.8 Å². The molecular weight excluding hydrogens is 526 g/mol. The lowest BCUT2D eigenvalue weighted by molar-refractivity contribution is -0.123. The molecule has 1 aromatic carbocycles. The van der Waals surface area contributed by atoms with E-state index >= 15 is 0 Å². The van der Waals surface area contributed by atoms with Gasteiger partial charge in [-0.2, -0.15) is 0 Å². The van der Waals surface area contributed by atoms with Crippen molar-refractivity contribution in [3.05, 3.63) is 64.3 Å². The number of aromatic nitrogens is 1. The fourth-order valence-electron chi connectivity index (χ4n) is 4.36. The number of fused-ring (bicyclic) bond motifs is 4. The van der Waals surface area contributed by atoms with Crippen molar-refractivity contribution >= 4 is 58.0 Å². The first-order valence-corrected chi connectivity index (χ1v) is 12.1. The van der Waals surface area contributed by atoms with Crippen LogP contribution >= 0.6 is 47.0 Å². The van der Waals surface area contributed by atoms with Crippen LogP contribution < -0.4 is 20.9 Å². The van der Waals surface area contributed by atoms with Gasteiger partial charge in [0.2, 0.25) is 3.79 Å².